The summed E-state index contributed by atoms with van der Waals surface area (Å²) in [5.41, 5.74) is 7.66. The van der Waals surface area contributed by atoms with E-state index in [1.807, 2.05) is 30.3 Å². The van der Waals surface area contributed by atoms with Crippen molar-refractivity contribution in [3.63, 3.8) is 0 Å². The summed E-state index contributed by atoms with van der Waals surface area (Å²) < 4.78 is 0. The van der Waals surface area contributed by atoms with E-state index in [2.05, 4.69) is 0 Å². The van der Waals surface area contributed by atoms with Crippen LogP contribution in [-0.2, 0) is 0 Å². The van der Waals surface area contributed by atoms with E-state index in [1.54, 1.807) is 23.1 Å². The molecule has 0 radical (unpaired) electrons. The van der Waals surface area contributed by atoms with E-state index in [1.165, 1.54) is 6.07 Å². The van der Waals surface area contributed by atoms with Crippen molar-refractivity contribution in [3.8, 4) is 10.4 Å². The Labute approximate surface area is 200 Å². The number of amides is 1. The number of carboxylic acid groups (broad SMARTS) is 1. The molecule has 1 aliphatic carbocycles. The highest BCUT2D eigenvalue weighted by Gasteiger charge is 2.34. The number of nitrogens with two attached hydrogens (primary N) is 1. The highest BCUT2D eigenvalue weighted by atomic mass is 35.5. The summed E-state index contributed by atoms with van der Waals surface area (Å²) in [6.45, 7) is 0. The summed E-state index contributed by atoms with van der Waals surface area (Å²) in [5.74, 6) is -1.41. The van der Waals surface area contributed by atoms with Crippen molar-refractivity contribution in [2.24, 2.45) is 5.73 Å². The standard InChI is InChI=1S/C24H22Cl2N2O3S/c25-15-6-11-18(19(26)12-15)23(29)28(17-9-7-16(27)8-10-17)20-13-21(32-22(20)24(30)31)14-4-2-1-3-5-14/h1-6,11-13,16-17H,7-10,27H2,(H,30,31). The lowest BCUT2D eigenvalue weighted by Gasteiger charge is -2.36. The van der Waals surface area contributed by atoms with Gasteiger partial charge in [-0.05, 0) is 55.5 Å². The Balaban J connectivity index is 1.83. The predicted octanol–water partition coefficient (Wildman–Crippen LogP) is 6.34. The Hall–Kier alpha value is -2.38. The summed E-state index contributed by atoms with van der Waals surface area (Å²) in [6, 6.07) is 15.9. The van der Waals surface area contributed by atoms with Crippen LogP contribution in [-0.4, -0.2) is 29.1 Å². The largest absolute Gasteiger partial charge is 0.477 e. The molecule has 32 heavy (non-hydrogen) atoms. The maximum atomic E-state index is 13.8. The van der Waals surface area contributed by atoms with Crippen LogP contribution in [0, 0.1) is 0 Å². The SMILES string of the molecule is NC1CCC(N(C(=O)c2ccc(Cl)cc2Cl)c2cc(-c3ccccc3)sc2C(=O)O)CC1. The average Bonchev–Trinajstić information content (AvgIpc) is 3.21. The van der Waals surface area contributed by atoms with E-state index in [9.17, 15) is 14.7 Å². The van der Waals surface area contributed by atoms with Gasteiger partial charge in [-0.1, -0.05) is 53.5 Å². The van der Waals surface area contributed by atoms with Crippen molar-refractivity contribution in [2.45, 2.75) is 37.8 Å². The molecule has 0 atom stereocenters. The molecule has 5 nitrogen and oxygen atoms in total. The summed E-state index contributed by atoms with van der Waals surface area (Å²) in [7, 11) is 0. The average molecular weight is 489 g/mol. The first-order chi connectivity index (χ1) is 15.3. The number of anilines is 1. The fourth-order valence-electron chi connectivity index (χ4n) is 4.08. The van der Waals surface area contributed by atoms with Crippen molar-refractivity contribution in [3.05, 3.63) is 75.1 Å². The van der Waals surface area contributed by atoms with Gasteiger partial charge in [0, 0.05) is 22.0 Å². The number of carbonyl (C=O) groups excluding carboxylic acids is 1. The highest BCUT2D eigenvalue weighted by molar-refractivity contribution is 7.18. The molecule has 2 aromatic carbocycles. The van der Waals surface area contributed by atoms with Gasteiger partial charge in [0.05, 0.1) is 16.3 Å². The van der Waals surface area contributed by atoms with Crippen molar-refractivity contribution >= 4 is 52.1 Å². The predicted molar refractivity (Wildman–Crippen MR) is 130 cm³/mol. The van der Waals surface area contributed by atoms with Crippen LogP contribution in [0.2, 0.25) is 10.0 Å². The van der Waals surface area contributed by atoms with Crippen molar-refractivity contribution < 1.29 is 14.7 Å². The Bertz CT molecular complexity index is 1140. The van der Waals surface area contributed by atoms with E-state index < -0.39 is 5.97 Å². The van der Waals surface area contributed by atoms with Crippen molar-refractivity contribution in [1.29, 1.82) is 0 Å². The van der Waals surface area contributed by atoms with Crippen molar-refractivity contribution in [1.82, 2.24) is 0 Å². The van der Waals surface area contributed by atoms with Crippen LogP contribution in [0.1, 0.15) is 45.7 Å². The van der Waals surface area contributed by atoms with Gasteiger partial charge in [0.25, 0.3) is 5.91 Å². The third-order valence-electron chi connectivity index (χ3n) is 5.71. The number of thiophene rings is 1. The van der Waals surface area contributed by atoms with Gasteiger partial charge in [-0.3, -0.25) is 4.79 Å². The minimum Gasteiger partial charge on any atom is -0.477 e. The number of benzene rings is 2. The van der Waals surface area contributed by atoms with E-state index in [0.717, 1.165) is 34.6 Å². The fourth-order valence-corrected chi connectivity index (χ4v) is 5.57. The van der Waals surface area contributed by atoms with Crippen LogP contribution in [0.15, 0.2) is 54.6 Å². The zero-order chi connectivity index (χ0) is 22.8. The van der Waals surface area contributed by atoms with Crippen LogP contribution >= 0.6 is 34.5 Å². The molecule has 1 aromatic heterocycles. The van der Waals surface area contributed by atoms with Crippen LogP contribution < -0.4 is 10.6 Å². The van der Waals surface area contributed by atoms with E-state index in [4.69, 9.17) is 28.9 Å². The molecule has 3 N–H and O–H groups in total. The first-order valence-electron chi connectivity index (χ1n) is 10.3. The molecule has 1 heterocycles. The molecule has 1 saturated carbocycles. The Morgan fingerprint density at radius 1 is 1.00 bits per heavy atom. The van der Waals surface area contributed by atoms with E-state index in [0.29, 0.717) is 23.6 Å². The van der Waals surface area contributed by atoms with E-state index in [-0.39, 0.29) is 33.5 Å². The van der Waals surface area contributed by atoms with Gasteiger partial charge in [-0.2, -0.15) is 0 Å². The lowest BCUT2D eigenvalue weighted by molar-refractivity contribution is 0.0702. The zero-order valence-electron chi connectivity index (χ0n) is 17.1. The molecule has 166 valence electrons. The molecular formula is C24H22Cl2N2O3S. The number of carboxylic acids is 1. The monoisotopic (exact) mass is 488 g/mol. The first kappa shape index (κ1) is 22.8. The number of hydrogen-bond donors (Lipinski definition) is 2. The third-order valence-corrected chi connectivity index (χ3v) is 7.42. The van der Waals surface area contributed by atoms with Gasteiger partial charge in [0.2, 0.25) is 0 Å². The molecule has 0 unspecified atom stereocenters. The Morgan fingerprint density at radius 2 is 1.69 bits per heavy atom. The summed E-state index contributed by atoms with van der Waals surface area (Å²) in [4.78, 5) is 28.5. The molecule has 3 aromatic rings. The lowest BCUT2D eigenvalue weighted by Crippen LogP contribution is -2.45. The zero-order valence-corrected chi connectivity index (χ0v) is 19.5. The van der Waals surface area contributed by atoms with Gasteiger partial charge >= 0.3 is 5.97 Å². The lowest BCUT2D eigenvalue weighted by atomic mass is 9.90. The van der Waals surface area contributed by atoms with Gasteiger partial charge < -0.3 is 15.7 Å². The van der Waals surface area contributed by atoms with Crippen LogP contribution in [0.5, 0.6) is 0 Å². The molecule has 8 heteroatoms. The third kappa shape index (κ3) is 4.69. The quantitative estimate of drug-likeness (QED) is 0.438. The molecule has 0 aliphatic heterocycles. The number of nitrogens with zero attached hydrogens (tertiary/aromatic N) is 1. The fraction of sp³-hybridized carbons (Fsp3) is 0.250. The second-order valence-corrected chi connectivity index (χ2v) is 9.76. The second-order valence-electron chi connectivity index (χ2n) is 7.86. The highest BCUT2D eigenvalue weighted by Crippen LogP contribution is 2.40. The van der Waals surface area contributed by atoms with Gasteiger partial charge in [-0.15, -0.1) is 11.3 Å². The molecular weight excluding hydrogens is 467 g/mol. The van der Waals surface area contributed by atoms with Gasteiger partial charge in [0.1, 0.15) is 4.88 Å². The Morgan fingerprint density at radius 3 is 2.31 bits per heavy atom. The summed E-state index contributed by atoms with van der Waals surface area (Å²) >= 11 is 13.5. The van der Waals surface area contributed by atoms with Crippen LogP contribution in [0.3, 0.4) is 0 Å². The van der Waals surface area contributed by atoms with Gasteiger partial charge in [0.15, 0.2) is 0 Å². The number of hydrogen-bond acceptors (Lipinski definition) is 4. The molecule has 1 amide bonds. The van der Waals surface area contributed by atoms with Gasteiger partial charge in [-0.25, -0.2) is 4.79 Å². The maximum absolute atomic E-state index is 13.8. The maximum Gasteiger partial charge on any atom is 0.348 e. The normalized spacial score (nSPS) is 18.3. The second kappa shape index (κ2) is 9.63. The topological polar surface area (TPSA) is 83.6 Å². The number of carbonyl (C=O) groups is 2. The minimum absolute atomic E-state index is 0.0867. The molecule has 1 aliphatic rings. The van der Waals surface area contributed by atoms with Crippen molar-refractivity contribution in [2.75, 3.05) is 4.90 Å². The number of rotatable bonds is 5. The van der Waals surface area contributed by atoms with Crippen LogP contribution in [0.25, 0.3) is 10.4 Å². The Kier molecular flexibility index (Phi) is 6.86. The smallest absolute Gasteiger partial charge is 0.348 e. The molecule has 1 fully saturated rings. The molecule has 0 saturated heterocycles. The van der Waals surface area contributed by atoms with Crippen LogP contribution in [0.4, 0.5) is 5.69 Å². The first-order valence-corrected chi connectivity index (χ1v) is 11.9. The number of halogens is 2. The molecule has 0 bridgehead atoms. The van der Waals surface area contributed by atoms with E-state index >= 15 is 0 Å². The number of aromatic carboxylic acids is 1. The molecule has 4 rings (SSSR count). The minimum atomic E-state index is -1.07. The molecule has 0 spiro atoms. The summed E-state index contributed by atoms with van der Waals surface area (Å²) in [6.07, 6.45) is 2.91. The summed E-state index contributed by atoms with van der Waals surface area (Å²) in [5, 5.41) is 10.6.